The van der Waals surface area contributed by atoms with Crippen LogP contribution in [0, 0.1) is 17.8 Å². The molecule has 0 aromatic heterocycles. The summed E-state index contributed by atoms with van der Waals surface area (Å²) in [5.41, 5.74) is -4.92. The van der Waals surface area contributed by atoms with Crippen LogP contribution in [0.5, 0.6) is 0 Å². The van der Waals surface area contributed by atoms with E-state index in [1.165, 1.54) is 41.5 Å². The van der Waals surface area contributed by atoms with Crippen molar-refractivity contribution in [1.82, 2.24) is 58.1 Å². The molecule has 0 saturated carbocycles. The Hall–Kier alpha value is -5.42. The van der Waals surface area contributed by atoms with E-state index in [4.69, 9.17) is 5.11 Å². The van der Waals surface area contributed by atoms with E-state index in [-0.39, 0.29) is 87.3 Å². The predicted octanol–water partition coefficient (Wildman–Crippen LogP) is 3.80. The number of rotatable bonds is 43. The van der Waals surface area contributed by atoms with E-state index in [0.717, 1.165) is 44.9 Å². The molecule has 23 heteroatoms. The zero-order valence-corrected chi connectivity index (χ0v) is 54.7. The highest BCUT2D eigenvalue weighted by molar-refractivity contribution is 6.00. The van der Waals surface area contributed by atoms with Crippen molar-refractivity contribution in [2.45, 2.75) is 285 Å². The first kappa shape index (κ1) is 77.6. The largest absolute Gasteiger partial charge is 0.395 e. The zero-order chi connectivity index (χ0) is 64.7. The van der Waals surface area contributed by atoms with Gasteiger partial charge in [0.25, 0.3) is 0 Å². The predicted molar refractivity (Wildman–Crippen MR) is 330 cm³/mol. The van der Waals surface area contributed by atoms with Crippen LogP contribution < -0.4 is 53.2 Å². The summed E-state index contributed by atoms with van der Waals surface area (Å²) < 4.78 is 0. The molecular weight excluding hydrogens is 1090 g/mol. The number of nitrogens with zero attached hydrogens (tertiary/aromatic N) is 1. The van der Waals surface area contributed by atoms with Gasteiger partial charge < -0.3 is 68.3 Å². The number of hydrogen-bond donors (Lipinski definition) is 12. The number of aliphatic hydroxyl groups is 2. The topological polar surface area (TPSA) is 335 Å². The van der Waals surface area contributed by atoms with Crippen LogP contribution in [0.1, 0.15) is 226 Å². The average Bonchev–Trinajstić information content (AvgIpc) is 4.13. The van der Waals surface area contributed by atoms with Gasteiger partial charge in [-0.25, -0.2) is 0 Å². The number of nitrogens with one attached hydrogen (secondary N) is 10. The third kappa shape index (κ3) is 30.2. The molecule has 0 aromatic carbocycles. The molecule has 0 spiro atoms. The molecule has 1 heterocycles. The summed E-state index contributed by atoms with van der Waals surface area (Å²) in [7, 11) is 0. The third-order valence-electron chi connectivity index (χ3n) is 15.2. The van der Waals surface area contributed by atoms with Crippen molar-refractivity contribution >= 4 is 59.1 Å². The lowest BCUT2D eigenvalue weighted by Gasteiger charge is -2.34. The second-order valence-electron chi connectivity index (χ2n) is 26.1. The van der Waals surface area contributed by atoms with Crippen LogP contribution in [-0.4, -0.2) is 166 Å². The fourth-order valence-corrected chi connectivity index (χ4v) is 10.0. The van der Waals surface area contributed by atoms with E-state index in [0.29, 0.717) is 58.2 Å². The van der Waals surface area contributed by atoms with Gasteiger partial charge in [0.05, 0.1) is 12.7 Å². The summed E-state index contributed by atoms with van der Waals surface area (Å²) in [6.45, 7) is 27.4. The Labute approximate surface area is 508 Å². The van der Waals surface area contributed by atoms with Crippen molar-refractivity contribution in [2.75, 3.05) is 32.8 Å². The van der Waals surface area contributed by atoms with Gasteiger partial charge in [0.2, 0.25) is 59.1 Å². The first-order valence-corrected chi connectivity index (χ1v) is 31.8. The molecule has 1 unspecified atom stereocenters. The number of hydrogen-bond acceptors (Lipinski definition) is 13. The van der Waals surface area contributed by atoms with Gasteiger partial charge in [0, 0.05) is 45.1 Å². The first-order chi connectivity index (χ1) is 39.7. The Morgan fingerprint density at radius 3 is 1.64 bits per heavy atom. The normalized spacial score (nSPS) is 16.2. The minimum atomic E-state index is -1.68. The monoisotopic (exact) mass is 1210 g/mol. The van der Waals surface area contributed by atoms with Crippen LogP contribution >= 0.6 is 0 Å². The van der Waals surface area contributed by atoms with Crippen molar-refractivity contribution in [2.24, 2.45) is 17.8 Å². The number of carbonyl (C=O) groups excluding carboxylic acids is 10. The van der Waals surface area contributed by atoms with Crippen molar-refractivity contribution in [3.63, 3.8) is 0 Å². The van der Waals surface area contributed by atoms with Crippen LogP contribution in [0.15, 0.2) is 0 Å². The minimum Gasteiger partial charge on any atom is -0.395 e. The third-order valence-corrected chi connectivity index (χ3v) is 15.2. The summed E-state index contributed by atoms with van der Waals surface area (Å²) in [4.78, 5) is 140. The van der Waals surface area contributed by atoms with Crippen molar-refractivity contribution < 1.29 is 58.2 Å². The van der Waals surface area contributed by atoms with Crippen molar-refractivity contribution in [3.05, 3.63) is 0 Å². The minimum absolute atomic E-state index is 0.00801. The average molecular weight is 1210 g/mol. The number of aliphatic hydroxyl groups excluding tert-OH is 2. The van der Waals surface area contributed by atoms with Gasteiger partial charge >= 0.3 is 0 Å². The fourth-order valence-electron chi connectivity index (χ4n) is 10.0. The molecule has 23 nitrogen and oxygen atoms in total. The highest BCUT2D eigenvalue weighted by Gasteiger charge is 2.42. The molecule has 1 saturated heterocycles. The Bertz CT molecular complexity index is 2120. The molecule has 0 aromatic rings. The standard InChI is InChI=1S/C62H115N11O12/c1-16-19-21-22-26-42(8)38-48(53(79)67-47(37-41(6)7)55(81)71-60(10,11)57(83)68-46(36-40(4)5)52(78)64-32-31-50(76)65-43(9)39-63-33-35-74)69-58(84)61(12,13)72-59(85)62(14,15)70-54(80)45(29-23-28-44(75)27-20-17-2)66-56(82)49-30-24-34-73(49)51(77)25-18-3/h40-49,63,74-75H,16-39H2,1-15H3,(H,64,78)(H,65,76)(H,66,82)(H,67,79)(H,68,83)(H,69,84)(H,70,80)(H,71,81)(H,72,85)/t42-,43+,44?,45+,46+,47+,48+,49+/m1/s1. The number of likely N-dealkylation sites (tertiary alicyclic amines) is 1. The van der Waals surface area contributed by atoms with E-state index in [9.17, 15) is 53.1 Å². The highest BCUT2D eigenvalue weighted by Crippen LogP contribution is 2.22. The maximum Gasteiger partial charge on any atom is 0.246 e. The van der Waals surface area contributed by atoms with E-state index >= 15 is 0 Å². The summed E-state index contributed by atoms with van der Waals surface area (Å²) in [5, 5.41) is 47.8. The van der Waals surface area contributed by atoms with Crippen molar-refractivity contribution in [1.29, 1.82) is 0 Å². The van der Waals surface area contributed by atoms with Gasteiger partial charge in [-0.05, 0) is 130 Å². The summed E-state index contributed by atoms with van der Waals surface area (Å²) in [6.07, 6.45) is 9.90. The lowest BCUT2D eigenvalue weighted by molar-refractivity contribution is -0.141. The Morgan fingerprint density at radius 2 is 1.07 bits per heavy atom. The van der Waals surface area contributed by atoms with E-state index in [1.54, 1.807) is 4.90 Å². The molecule has 1 aliphatic rings. The molecule has 1 fully saturated rings. The summed E-state index contributed by atoms with van der Waals surface area (Å²) in [5.74, 6) is -5.78. The SMILES string of the molecule is CCCCCC[C@@H](C)C[C@H](NC(=O)C(C)(C)NC(=O)C(C)(C)NC(=O)[C@H](CCCC(O)CCCC)NC(=O)[C@@H]1CCCN1C(=O)CCC)C(=O)N[C@@H](CC(C)C)C(=O)NC(C)(C)C(=O)N[C@@H](CC(C)C)C(=O)NCCC(=O)N[C@@H](C)CNCCO. The lowest BCUT2D eigenvalue weighted by Crippen LogP contribution is -2.66. The maximum absolute atomic E-state index is 14.6. The number of carbonyl (C=O) groups is 10. The highest BCUT2D eigenvalue weighted by atomic mass is 16.3. The molecule has 1 aliphatic heterocycles. The molecular formula is C62H115N11O12. The van der Waals surface area contributed by atoms with Gasteiger partial charge in [-0.1, -0.05) is 100 Å². The van der Waals surface area contributed by atoms with E-state index in [1.807, 2.05) is 55.4 Å². The van der Waals surface area contributed by atoms with Gasteiger partial charge in [0.15, 0.2) is 0 Å². The van der Waals surface area contributed by atoms with E-state index in [2.05, 4.69) is 60.1 Å². The van der Waals surface area contributed by atoms with Crippen LogP contribution in [0.4, 0.5) is 0 Å². The fraction of sp³-hybridized carbons (Fsp3) is 0.839. The Morgan fingerprint density at radius 1 is 0.529 bits per heavy atom. The molecule has 0 radical (unpaired) electrons. The van der Waals surface area contributed by atoms with Gasteiger partial charge in [-0.2, -0.15) is 0 Å². The molecule has 10 amide bonds. The second-order valence-corrected chi connectivity index (χ2v) is 26.1. The molecule has 490 valence electrons. The Balaban J connectivity index is 3.37. The molecule has 12 N–H and O–H groups in total. The second kappa shape index (κ2) is 39.4. The molecule has 0 bridgehead atoms. The van der Waals surface area contributed by atoms with Crippen LogP contribution in [0.3, 0.4) is 0 Å². The Kier molecular flexibility index (Phi) is 36.0. The molecule has 85 heavy (non-hydrogen) atoms. The zero-order valence-electron chi connectivity index (χ0n) is 54.7. The van der Waals surface area contributed by atoms with Gasteiger partial charge in [-0.15, -0.1) is 0 Å². The van der Waals surface area contributed by atoms with Crippen LogP contribution in [0.2, 0.25) is 0 Å². The maximum atomic E-state index is 14.6. The first-order valence-electron chi connectivity index (χ1n) is 31.8. The lowest BCUT2D eigenvalue weighted by atomic mass is 9.93. The molecule has 8 atom stereocenters. The summed E-state index contributed by atoms with van der Waals surface area (Å²) >= 11 is 0. The van der Waals surface area contributed by atoms with Crippen molar-refractivity contribution in [3.8, 4) is 0 Å². The van der Waals surface area contributed by atoms with Crippen LogP contribution in [0.25, 0.3) is 0 Å². The summed E-state index contributed by atoms with van der Waals surface area (Å²) in [6, 6.07) is -5.45. The number of amides is 10. The molecule has 1 rings (SSSR count). The molecule has 0 aliphatic carbocycles. The number of unbranched alkanes of at least 4 members (excludes halogenated alkanes) is 4. The smallest absolute Gasteiger partial charge is 0.246 e. The van der Waals surface area contributed by atoms with Crippen LogP contribution in [-0.2, 0) is 47.9 Å². The van der Waals surface area contributed by atoms with Gasteiger partial charge in [-0.3, -0.25) is 47.9 Å². The van der Waals surface area contributed by atoms with Gasteiger partial charge in [0.1, 0.15) is 46.8 Å². The van der Waals surface area contributed by atoms with E-state index < -0.39 is 100 Å². The quantitative estimate of drug-likeness (QED) is 0.0387.